The summed E-state index contributed by atoms with van der Waals surface area (Å²) in [6.45, 7) is 2.57. The second kappa shape index (κ2) is 6.06. The maximum absolute atomic E-state index is 10.2. The SMILES string of the molecule is CCOc1ccc(C(O)c2cc(Cl)c(Br)s2)cc1. The third-order valence-electron chi connectivity index (χ3n) is 2.44. The van der Waals surface area contributed by atoms with Crippen LogP contribution in [0.4, 0.5) is 0 Å². The van der Waals surface area contributed by atoms with E-state index < -0.39 is 6.10 Å². The van der Waals surface area contributed by atoms with E-state index in [4.69, 9.17) is 16.3 Å². The summed E-state index contributed by atoms with van der Waals surface area (Å²) in [6, 6.07) is 9.20. The molecule has 0 bridgehead atoms. The van der Waals surface area contributed by atoms with Gasteiger partial charge in [-0.15, -0.1) is 11.3 Å². The first kappa shape index (κ1) is 13.9. The minimum absolute atomic E-state index is 0.625. The number of rotatable bonds is 4. The topological polar surface area (TPSA) is 29.5 Å². The average Bonchev–Trinajstić information content (AvgIpc) is 2.70. The Balaban J connectivity index is 2.20. The molecule has 0 aliphatic heterocycles. The van der Waals surface area contributed by atoms with Crippen molar-refractivity contribution in [3.05, 3.63) is 49.6 Å². The molecule has 0 spiro atoms. The Bertz CT molecular complexity index is 505. The van der Waals surface area contributed by atoms with Crippen LogP contribution in [0, 0.1) is 0 Å². The molecular formula is C13H12BrClO2S. The fourth-order valence-corrected chi connectivity index (χ4v) is 3.34. The van der Waals surface area contributed by atoms with E-state index in [9.17, 15) is 5.11 Å². The van der Waals surface area contributed by atoms with Crippen LogP contribution in [0.1, 0.15) is 23.5 Å². The molecule has 0 saturated heterocycles. The van der Waals surface area contributed by atoms with Crippen molar-refractivity contribution in [3.63, 3.8) is 0 Å². The van der Waals surface area contributed by atoms with Crippen LogP contribution in [-0.2, 0) is 0 Å². The number of hydrogen-bond donors (Lipinski definition) is 1. The lowest BCUT2D eigenvalue weighted by atomic mass is 10.1. The average molecular weight is 348 g/mol. The van der Waals surface area contributed by atoms with E-state index >= 15 is 0 Å². The highest BCUT2D eigenvalue weighted by molar-refractivity contribution is 9.11. The second-order valence-corrected chi connectivity index (χ2v) is 6.48. The lowest BCUT2D eigenvalue weighted by molar-refractivity contribution is 0.224. The van der Waals surface area contributed by atoms with Gasteiger partial charge in [-0.05, 0) is 46.6 Å². The lowest BCUT2D eigenvalue weighted by Crippen LogP contribution is -1.97. The molecule has 96 valence electrons. The van der Waals surface area contributed by atoms with Crippen LogP contribution in [0.2, 0.25) is 5.02 Å². The van der Waals surface area contributed by atoms with Gasteiger partial charge in [0.15, 0.2) is 0 Å². The molecule has 0 aliphatic rings. The molecule has 1 atom stereocenters. The molecule has 0 saturated carbocycles. The maximum Gasteiger partial charge on any atom is 0.119 e. The highest BCUT2D eigenvalue weighted by Gasteiger charge is 2.15. The lowest BCUT2D eigenvalue weighted by Gasteiger charge is -2.10. The van der Waals surface area contributed by atoms with Gasteiger partial charge in [0.2, 0.25) is 0 Å². The highest BCUT2D eigenvalue weighted by Crippen LogP contribution is 2.37. The molecular weight excluding hydrogens is 336 g/mol. The molecule has 1 heterocycles. The summed E-state index contributed by atoms with van der Waals surface area (Å²) in [7, 11) is 0. The summed E-state index contributed by atoms with van der Waals surface area (Å²) in [6.07, 6.45) is -0.658. The predicted molar refractivity (Wildman–Crippen MR) is 78.7 cm³/mol. The maximum atomic E-state index is 10.2. The quantitative estimate of drug-likeness (QED) is 0.872. The zero-order valence-corrected chi connectivity index (χ0v) is 12.8. The van der Waals surface area contributed by atoms with E-state index in [1.54, 1.807) is 6.07 Å². The molecule has 0 amide bonds. The van der Waals surface area contributed by atoms with Gasteiger partial charge in [0.25, 0.3) is 0 Å². The molecule has 0 fully saturated rings. The van der Waals surface area contributed by atoms with E-state index in [-0.39, 0.29) is 0 Å². The van der Waals surface area contributed by atoms with Gasteiger partial charge in [-0.2, -0.15) is 0 Å². The smallest absolute Gasteiger partial charge is 0.119 e. The largest absolute Gasteiger partial charge is 0.494 e. The van der Waals surface area contributed by atoms with Crippen LogP contribution in [0.25, 0.3) is 0 Å². The van der Waals surface area contributed by atoms with Crippen LogP contribution < -0.4 is 4.74 Å². The third kappa shape index (κ3) is 3.06. The Hall–Kier alpha value is -0.550. The van der Waals surface area contributed by atoms with E-state index in [1.807, 2.05) is 31.2 Å². The zero-order chi connectivity index (χ0) is 13.1. The summed E-state index contributed by atoms with van der Waals surface area (Å²) in [5.74, 6) is 0.804. The fraction of sp³-hybridized carbons (Fsp3) is 0.231. The van der Waals surface area contributed by atoms with E-state index in [0.29, 0.717) is 11.6 Å². The molecule has 1 unspecified atom stereocenters. The Morgan fingerprint density at radius 1 is 1.39 bits per heavy atom. The van der Waals surface area contributed by atoms with Gasteiger partial charge in [-0.1, -0.05) is 23.7 Å². The van der Waals surface area contributed by atoms with E-state index in [0.717, 1.165) is 20.0 Å². The summed E-state index contributed by atoms with van der Waals surface area (Å²) < 4.78 is 6.20. The van der Waals surface area contributed by atoms with Crippen molar-refractivity contribution in [3.8, 4) is 5.75 Å². The van der Waals surface area contributed by atoms with Gasteiger partial charge in [0.1, 0.15) is 11.9 Å². The van der Waals surface area contributed by atoms with Gasteiger partial charge < -0.3 is 9.84 Å². The molecule has 5 heteroatoms. The van der Waals surface area contributed by atoms with Gasteiger partial charge in [-0.25, -0.2) is 0 Å². The first-order valence-corrected chi connectivity index (χ1v) is 7.46. The van der Waals surface area contributed by atoms with Crippen molar-refractivity contribution in [2.75, 3.05) is 6.61 Å². The van der Waals surface area contributed by atoms with Gasteiger partial charge in [0, 0.05) is 4.88 Å². The number of halogens is 2. The number of thiophene rings is 1. The Morgan fingerprint density at radius 2 is 2.06 bits per heavy atom. The fourth-order valence-electron chi connectivity index (χ4n) is 1.58. The number of aliphatic hydroxyl groups is 1. The highest BCUT2D eigenvalue weighted by atomic mass is 79.9. The Labute approximate surface area is 123 Å². The summed E-state index contributed by atoms with van der Waals surface area (Å²) in [4.78, 5) is 0.816. The van der Waals surface area contributed by atoms with Crippen molar-refractivity contribution < 1.29 is 9.84 Å². The number of hydrogen-bond acceptors (Lipinski definition) is 3. The second-order valence-electron chi connectivity index (χ2n) is 3.67. The van der Waals surface area contributed by atoms with Crippen LogP contribution in [0.5, 0.6) is 5.75 Å². The summed E-state index contributed by atoms with van der Waals surface area (Å²) in [5, 5.41) is 10.9. The van der Waals surface area contributed by atoms with Crippen LogP contribution in [0.15, 0.2) is 34.1 Å². The molecule has 1 aromatic carbocycles. The van der Waals surface area contributed by atoms with Crippen LogP contribution in [0.3, 0.4) is 0 Å². The minimum atomic E-state index is -0.658. The van der Waals surface area contributed by atoms with E-state index in [2.05, 4.69) is 15.9 Å². The van der Waals surface area contributed by atoms with Crippen molar-refractivity contribution in [1.82, 2.24) is 0 Å². The third-order valence-corrected chi connectivity index (χ3v) is 4.97. The van der Waals surface area contributed by atoms with Crippen LogP contribution in [-0.4, -0.2) is 11.7 Å². The van der Waals surface area contributed by atoms with Gasteiger partial charge >= 0.3 is 0 Å². The number of aliphatic hydroxyl groups excluding tert-OH is 1. The molecule has 2 nitrogen and oxygen atoms in total. The summed E-state index contributed by atoms with van der Waals surface area (Å²) >= 11 is 10.7. The first-order chi connectivity index (χ1) is 8.61. The number of ether oxygens (including phenoxy) is 1. The molecule has 2 aromatic rings. The Morgan fingerprint density at radius 3 is 2.56 bits per heavy atom. The normalized spacial score (nSPS) is 12.4. The zero-order valence-electron chi connectivity index (χ0n) is 9.69. The Kier molecular flexibility index (Phi) is 4.67. The monoisotopic (exact) mass is 346 g/mol. The van der Waals surface area contributed by atoms with Gasteiger partial charge in [0.05, 0.1) is 15.4 Å². The molecule has 1 aromatic heterocycles. The van der Waals surface area contributed by atoms with Gasteiger partial charge in [-0.3, -0.25) is 0 Å². The molecule has 1 N–H and O–H groups in total. The van der Waals surface area contributed by atoms with Crippen molar-refractivity contribution >= 4 is 38.9 Å². The molecule has 0 radical (unpaired) electrons. The standard InChI is InChI=1S/C13H12BrClO2S/c1-2-17-9-5-3-8(4-6-9)12(16)11-7-10(15)13(14)18-11/h3-7,12,16H,2H2,1H3. The van der Waals surface area contributed by atoms with Crippen molar-refractivity contribution in [2.24, 2.45) is 0 Å². The van der Waals surface area contributed by atoms with Crippen molar-refractivity contribution in [2.45, 2.75) is 13.0 Å². The first-order valence-electron chi connectivity index (χ1n) is 5.47. The van der Waals surface area contributed by atoms with Crippen LogP contribution >= 0.6 is 38.9 Å². The van der Waals surface area contributed by atoms with Crippen molar-refractivity contribution in [1.29, 1.82) is 0 Å². The molecule has 18 heavy (non-hydrogen) atoms. The van der Waals surface area contributed by atoms with E-state index in [1.165, 1.54) is 11.3 Å². The minimum Gasteiger partial charge on any atom is -0.494 e. The molecule has 0 aliphatic carbocycles. The molecule has 2 rings (SSSR count). The number of benzene rings is 1. The summed E-state index contributed by atoms with van der Waals surface area (Å²) in [5.41, 5.74) is 0.823. The predicted octanol–water partition coefficient (Wildman–Crippen LogP) is 4.64.